The number of halogens is 2. The number of pyridine rings is 1. The molecule has 0 atom stereocenters. The summed E-state index contributed by atoms with van der Waals surface area (Å²) in [5.41, 5.74) is 6.75. The van der Waals surface area contributed by atoms with Gasteiger partial charge < -0.3 is 16.0 Å². The molecule has 31 heavy (non-hydrogen) atoms. The van der Waals surface area contributed by atoms with E-state index in [0.29, 0.717) is 22.9 Å². The minimum Gasteiger partial charge on any atom is -0.398 e. The minimum absolute atomic E-state index is 0.0754. The van der Waals surface area contributed by atoms with Crippen LogP contribution in [0.1, 0.15) is 48.5 Å². The number of nitriles is 1. The van der Waals surface area contributed by atoms with Crippen molar-refractivity contribution in [3.8, 4) is 17.2 Å². The van der Waals surface area contributed by atoms with Crippen LogP contribution in [0.2, 0.25) is 5.02 Å². The van der Waals surface area contributed by atoms with Crippen molar-refractivity contribution < 1.29 is 9.18 Å². The Bertz CT molecular complexity index is 1120. The average Bonchev–Trinajstić information content (AvgIpc) is 3.11. The highest BCUT2D eigenvalue weighted by Gasteiger charge is 2.47. The van der Waals surface area contributed by atoms with E-state index in [2.05, 4.69) is 16.4 Å². The quantitative estimate of drug-likeness (QED) is 0.664. The Kier molecular flexibility index (Phi) is 5.09. The zero-order valence-electron chi connectivity index (χ0n) is 17.9. The number of hydrogen-bond donors (Lipinski definition) is 2. The number of carbonyl (C=O) groups is 1. The van der Waals surface area contributed by atoms with E-state index in [0.717, 1.165) is 31.2 Å². The van der Waals surface area contributed by atoms with Gasteiger partial charge in [0.25, 0.3) is 5.91 Å². The first-order chi connectivity index (χ1) is 14.6. The maximum Gasteiger partial charge on any atom is 0.258 e. The molecule has 1 aliphatic heterocycles. The molecule has 0 radical (unpaired) electrons. The van der Waals surface area contributed by atoms with Crippen molar-refractivity contribution in [1.29, 1.82) is 5.26 Å². The summed E-state index contributed by atoms with van der Waals surface area (Å²) in [5, 5.41) is 13.3. The fourth-order valence-electron chi connectivity index (χ4n) is 4.69. The molecular formula is C23H25ClFN5O. The van der Waals surface area contributed by atoms with E-state index in [1.807, 2.05) is 6.92 Å². The summed E-state index contributed by atoms with van der Waals surface area (Å²) in [7, 11) is 3.09. The zero-order valence-corrected chi connectivity index (χ0v) is 18.6. The molecule has 1 aliphatic carbocycles. The molecule has 2 aromatic rings. The van der Waals surface area contributed by atoms with Crippen LogP contribution in [-0.2, 0) is 5.41 Å². The predicted molar refractivity (Wildman–Crippen MR) is 119 cm³/mol. The first-order valence-electron chi connectivity index (χ1n) is 10.3. The van der Waals surface area contributed by atoms with Gasteiger partial charge in [0.2, 0.25) is 0 Å². The van der Waals surface area contributed by atoms with Gasteiger partial charge in [-0.1, -0.05) is 11.6 Å². The van der Waals surface area contributed by atoms with Crippen molar-refractivity contribution in [3.05, 3.63) is 40.3 Å². The van der Waals surface area contributed by atoms with Crippen LogP contribution in [0, 0.1) is 22.6 Å². The molecule has 4 rings (SSSR count). The van der Waals surface area contributed by atoms with E-state index in [1.54, 1.807) is 14.1 Å². The fraction of sp³-hybridized carbons (Fsp3) is 0.435. The largest absolute Gasteiger partial charge is 0.398 e. The second-order valence-corrected chi connectivity index (χ2v) is 9.48. The summed E-state index contributed by atoms with van der Waals surface area (Å²) < 4.78 is 15.5. The molecule has 1 spiro atoms. The third kappa shape index (κ3) is 3.30. The highest BCUT2D eigenvalue weighted by molar-refractivity contribution is 6.34. The molecule has 1 saturated carbocycles. The van der Waals surface area contributed by atoms with Crippen molar-refractivity contribution in [2.75, 3.05) is 31.7 Å². The van der Waals surface area contributed by atoms with Crippen molar-refractivity contribution in [1.82, 2.24) is 9.88 Å². The molecule has 0 bridgehead atoms. The number of nitrogens with zero attached hydrogens (tertiary/aromatic N) is 3. The maximum absolute atomic E-state index is 15.5. The molecule has 162 valence electrons. The Hall–Kier alpha value is -2.85. The predicted octanol–water partition coefficient (Wildman–Crippen LogP) is 4.59. The standard InChI is InChI=1S/C23H25ClFN5O/c1-22(11-26)6-8-23(9-7-22)12-29-20-17(23)18(24)14(10-28-20)13-4-5-15(27)16(19(13)25)21(31)30(2)3/h4-5,10H,6-9,12,27H2,1-3H3,(H,28,29)/t22-,23-. The van der Waals surface area contributed by atoms with Crippen LogP contribution < -0.4 is 11.1 Å². The number of hydrogen-bond acceptors (Lipinski definition) is 5. The van der Waals surface area contributed by atoms with Gasteiger partial charge in [0.1, 0.15) is 11.6 Å². The molecule has 6 nitrogen and oxygen atoms in total. The van der Waals surface area contributed by atoms with E-state index in [-0.39, 0.29) is 27.6 Å². The van der Waals surface area contributed by atoms with Gasteiger partial charge in [0.15, 0.2) is 0 Å². The Morgan fingerprint density at radius 3 is 2.58 bits per heavy atom. The van der Waals surface area contributed by atoms with Crippen LogP contribution in [0.15, 0.2) is 18.3 Å². The molecule has 1 aromatic heterocycles. The van der Waals surface area contributed by atoms with Gasteiger partial charge >= 0.3 is 0 Å². The third-order valence-electron chi connectivity index (χ3n) is 6.81. The Morgan fingerprint density at radius 2 is 1.97 bits per heavy atom. The molecule has 3 N–H and O–H groups in total. The maximum atomic E-state index is 15.5. The molecule has 8 heteroatoms. The van der Waals surface area contributed by atoms with Crippen molar-refractivity contribution in [2.24, 2.45) is 5.41 Å². The summed E-state index contributed by atoms with van der Waals surface area (Å²) in [6, 6.07) is 5.49. The van der Waals surface area contributed by atoms with E-state index in [1.165, 1.54) is 23.2 Å². The first-order valence-corrected chi connectivity index (χ1v) is 10.6. The second-order valence-electron chi connectivity index (χ2n) is 9.11. The van der Waals surface area contributed by atoms with Gasteiger partial charge in [0.05, 0.1) is 22.1 Å². The number of benzene rings is 1. The number of nitrogen functional groups attached to an aromatic ring is 1. The van der Waals surface area contributed by atoms with Gasteiger partial charge in [-0.05, 0) is 44.7 Å². The van der Waals surface area contributed by atoms with Crippen LogP contribution in [0.5, 0.6) is 0 Å². The molecular weight excluding hydrogens is 417 g/mol. The Morgan fingerprint density at radius 1 is 1.29 bits per heavy atom. The first kappa shape index (κ1) is 21.4. The average molecular weight is 442 g/mol. The Balaban J connectivity index is 1.82. The summed E-state index contributed by atoms with van der Waals surface area (Å²) in [6.07, 6.45) is 4.67. The number of nitrogens with one attached hydrogen (secondary N) is 1. The van der Waals surface area contributed by atoms with Gasteiger partial charge in [0, 0.05) is 54.6 Å². The lowest BCUT2D eigenvalue weighted by Gasteiger charge is -2.40. The summed E-state index contributed by atoms with van der Waals surface area (Å²) in [4.78, 5) is 18.3. The van der Waals surface area contributed by atoms with E-state index < -0.39 is 11.7 Å². The van der Waals surface area contributed by atoms with E-state index in [4.69, 9.17) is 17.3 Å². The van der Waals surface area contributed by atoms with Crippen LogP contribution in [0.4, 0.5) is 15.9 Å². The van der Waals surface area contributed by atoms with Crippen LogP contribution in [0.3, 0.4) is 0 Å². The Labute approximate surface area is 186 Å². The normalized spacial score (nSPS) is 24.4. The van der Waals surface area contributed by atoms with Crippen molar-refractivity contribution >= 4 is 29.0 Å². The monoisotopic (exact) mass is 441 g/mol. The van der Waals surface area contributed by atoms with Gasteiger partial charge in [-0.15, -0.1) is 0 Å². The number of amides is 1. The van der Waals surface area contributed by atoms with Crippen LogP contribution in [0.25, 0.3) is 11.1 Å². The topological polar surface area (TPSA) is 95.0 Å². The number of fused-ring (bicyclic) bond motifs is 2. The van der Waals surface area contributed by atoms with Crippen molar-refractivity contribution in [3.63, 3.8) is 0 Å². The number of anilines is 2. The van der Waals surface area contributed by atoms with E-state index in [9.17, 15) is 10.1 Å². The SMILES string of the molecule is CN(C)C(=O)c1c(N)ccc(-c2cnc3c(c2Cl)[C@]2(CC[C@](C)(C#N)CC2)CN3)c1F. The molecule has 1 fully saturated rings. The minimum atomic E-state index is -0.706. The second kappa shape index (κ2) is 7.38. The van der Waals surface area contributed by atoms with E-state index >= 15 is 4.39 Å². The fourth-order valence-corrected chi connectivity index (χ4v) is 5.14. The lowest BCUT2D eigenvalue weighted by atomic mass is 9.63. The van der Waals surface area contributed by atoms with Gasteiger partial charge in [-0.2, -0.15) is 5.26 Å². The summed E-state index contributed by atoms with van der Waals surface area (Å²) >= 11 is 6.88. The van der Waals surface area contributed by atoms with Gasteiger partial charge in [-0.3, -0.25) is 4.79 Å². The number of rotatable bonds is 2. The van der Waals surface area contributed by atoms with Crippen LogP contribution in [-0.4, -0.2) is 36.4 Å². The smallest absolute Gasteiger partial charge is 0.258 e. The molecule has 2 heterocycles. The molecule has 0 unspecified atom stereocenters. The number of aromatic nitrogens is 1. The molecule has 0 saturated heterocycles. The molecule has 2 aliphatic rings. The highest BCUT2D eigenvalue weighted by Crippen LogP contribution is 2.54. The summed E-state index contributed by atoms with van der Waals surface area (Å²) in [5.74, 6) is -0.513. The lowest BCUT2D eigenvalue weighted by molar-refractivity contribution is 0.0824. The van der Waals surface area contributed by atoms with Crippen molar-refractivity contribution in [2.45, 2.75) is 38.0 Å². The number of nitrogens with two attached hydrogens (primary N) is 1. The molecule has 1 amide bonds. The van der Waals surface area contributed by atoms with Gasteiger partial charge in [-0.25, -0.2) is 9.37 Å². The van der Waals surface area contributed by atoms with Crippen LogP contribution >= 0.6 is 11.6 Å². The lowest BCUT2D eigenvalue weighted by Crippen LogP contribution is -2.37. The third-order valence-corrected chi connectivity index (χ3v) is 7.20. The number of carbonyl (C=O) groups excluding carboxylic acids is 1. The zero-order chi connectivity index (χ0) is 22.6. The summed E-state index contributed by atoms with van der Waals surface area (Å²) in [6.45, 7) is 2.68. The highest BCUT2D eigenvalue weighted by atomic mass is 35.5. The molecule has 1 aromatic carbocycles.